The summed E-state index contributed by atoms with van der Waals surface area (Å²) in [5, 5.41) is 0. The monoisotopic (exact) mass is 257 g/mol. The highest BCUT2D eigenvalue weighted by molar-refractivity contribution is 4.55. The fourth-order valence-electron chi connectivity index (χ4n) is 2.36. The Balaban J connectivity index is 0. The molecule has 0 fully saturated rings. The Morgan fingerprint density at radius 1 is 0.722 bits per heavy atom. The lowest BCUT2D eigenvalue weighted by atomic mass is 10.0. The molecule has 0 aliphatic carbocycles. The minimum atomic E-state index is 0. The van der Waals surface area contributed by atoms with Gasteiger partial charge in [0.15, 0.2) is 0 Å². The van der Waals surface area contributed by atoms with E-state index in [-0.39, 0.29) is 7.43 Å². The molecule has 0 heterocycles. The molecule has 0 aromatic heterocycles. The summed E-state index contributed by atoms with van der Waals surface area (Å²) in [6.45, 7) is 11.8. The predicted molar refractivity (Wildman–Crippen MR) is 86.2 cm³/mol. The van der Waals surface area contributed by atoms with Gasteiger partial charge in [-0.1, -0.05) is 73.6 Å². The van der Waals surface area contributed by atoms with Gasteiger partial charge in [0.05, 0.1) is 0 Å². The van der Waals surface area contributed by atoms with Gasteiger partial charge in [0.1, 0.15) is 0 Å². The third kappa shape index (κ3) is 16.0. The van der Waals surface area contributed by atoms with E-state index in [9.17, 15) is 0 Å². The van der Waals surface area contributed by atoms with E-state index in [0.717, 1.165) is 11.8 Å². The molecule has 0 aliphatic heterocycles. The number of rotatable bonds is 11. The van der Waals surface area contributed by atoms with Crippen LogP contribution < -0.4 is 0 Å². The van der Waals surface area contributed by atoms with E-state index in [1.165, 1.54) is 58.0 Å². The van der Waals surface area contributed by atoms with Crippen LogP contribution >= 0.6 is 0 Å². The van der Waals surface area contributed by atoms with Crippen molar-refractivity contribution in [2.75, 3.05) is 20.1 Å². The lowest BCUT2D eigenvalue weighted by Gasteiger charge is -2.18. The Morgan fingerprint density at radius 2 is 1.22 bits per heavy atom. The van der Waals surface area contributed by atoms with Crippen LogP contribution in [-0.2, 0) is 0 Å². The first-order valence-electron chi connectivity index (χ1n) is 7.71. The normalized spacial score (nSPS) is 11.3. The van der Waals surface area contributed by atoms with E-state index in [2.05, 4.69) is 39.6 Å². The molecule has 0 spiro atoms. The molecule has 0 atom stereocenters. The summed E-state index contributed by atoms with van der Waals surface area (Å²) in [6, 6.07) is 0. The first-order valence-corrected chi connectivity index (χ1v) is 7.71. The van der Waals surface area contributed by atoms with Gasteiger partial charge in [-0.25, -0.2) is 0 Å². The van der Waals surface area contributed by atoms with Crippen LogP contribution in [0.25, 0.3) is 0 Å². The van der Waals surface area contributed by atoms with E-state index >= 15 is 0 Å². The number of hydrogen-bond donors (Lipinski definition) is 0. The van der Waals surface area contributed by atoms with Gasteiger partial charge >= 0.3 is 0 Å². The fourth-order valence-corrected chi connectivity index (χ4v) is 2.36. The van der Waals surface area contributed by atoms with Crippen LogP contribution in [0.5, 0.6) is 0 Å². The molecule has 0 radical (unpaired) electrons. The molecule has 1 nitrogen and oxygen atoms in total. The lowest BCUT2D eigenvalue weighted by molar-refractivity contribution is 0.288. The fraction of sp³-hybridized carbons (Fsp3) is 1.00. The van der Waals surface area contributed by atoms with Crippen molar-refractivity contribution in [3.63, 3.8) is 0 Å². The third-order valence-corrected chi connectivity index (χ3v) is 3.25. The zero-order valence-corrected chi connectivity index (χ0v) is 13.0. The van der Waals surface area contributed by atoms with Crippen molar-refractivity contribution in [1.29, 1.82) is 0 Å². The van der Waals surface area contributed by atoms with Crippen molar-refractivity contribution in [2.24, 2.45) is 11.8 Å². The van der Waals surface area contributed by atoms with Gasteiger partial charge in [-0.3, -0.25) is 0 Å². The van der Waals surface area contributed by atoms with Crippen LogP contribution in [0.15, 0.2) is 0 Å². The van der Waals surface area contributed by atoms with Gasteiger partial charge in [-0.05, 0) is 31.8 Å². The van der Waals surface area contributed by atoms with E-state index in [1.807, 2.05) is 0 Å². The number of hydrogen-bond acceptors (Lipinski definition) is 1. The summed E-state index contributed by atoms with van der Waals surface area (Å²) in [6.07, 6.45) is 9.98. The zero-order valence-electron chi connectivity index (χ0n) is 13.0. The van der Waals surface area contributed by atoms with Crippen LogP contribution in [-0.4, -0.2) is 25.0 Å². The van der Waals surface area contributed by atoms with E-state index < -0.39 is 0 Å². The Kier molecular flexibility index (Phi) is 15.1. The van der Waals surface area contributed by atoms with E-state index in [1.54, 1.807) is 0 Å². The summed E-state index contributed by atoms with van der Waals surface area (Å²) >= 11 is 0. The van der Waals surface area contributed by atoms with Crippen LogP contribution in [0, 0.1) is 11.8 Å². The Bertz CT molecular complexity index is 152. The summed E-state index contributed by atoms with van der Waals surface area (Å²) in [4.78, 5) is 2.48. The van der Waals surface area contributed by atoms with Crippen molar-refractivity contribution < 1.29 is 0 Å². The second kappa shape index (κ2) is 13.4. The maximum atomic E-state index is 2.48. The minimum absolute atomic E-state index is 0. The largest absolute Gasteiger partial charge is 0.306 e. The molecular weight excluding hydrogens is 218 g/mol. The Labute approximate surface area is 117 Å². The van der Waals surface area contributed by atoms with Gasteiger partial charge in [0.2, 0.25) is 0 Å². The molecule has 0 aromatic rings. The van der Waals surface area contributed by atoms with Gasteiger partial charge < -0.3 is 4.90 Å². The van der Waals surface area contributed by atoms with Gasteiger partial charge in [-0.15, -0.1) is 0 Å². The van der Waals surface area contributed by atoms with Crippen LogP contribution in [0.3, 0.4) is 0 Å². The molecular formula is C17H39N. The topological polar surface area (TPSA) is 3.24 Å². The standard InChI is InChI=1S/C16H35N.CH4/c1-15(2)12-10-8-6-7-9-11-13-17(5)14-16(3)4;/h15-16H,6-14H2,1-5H3;1H4. The van der Waals surface area contributed by atoms with E-state index in [4.69, 9.17) is 0 Å². The second-order valence-electron chi connectivity index (χ2n) is 6.46. The SMILES string of the molecule is C.CC(C)CCCCCCCCN(C)CC(C)C. The highest BCUT2D eigenvalue weighted by Crippen LogP contribution is 2.11. The molecule has 0 saturated carbocycles. The van der Waals surface area contributed by atoms with Crippen molar-refractivity contribution in [3.05, 3.63) is 0 Å². The van der Waals surface area contributed by atoms with Crippen molar-refractivity contribution >= 4 is 0 Å². The highest BCUT2D eigenvalue weighted by Gasteiger charge is 2.01. The lowest BCUT2D eigenvalue weighted by Crippen LogP contribution is -2.24. The summed E-state index contributed by atoms with van der Waals surface area (Å²) < 4.78 is 0. The van der Waals surface area contributed by atoms with E-state index in [0.29, 0.717) is 0 Å². The molecule has 0 aromatic carbocycles. The average Bonchev–Trinajstić information content (AvgIpc) is 2.20. The molecule has 1 heteroatoms. The van der Waals surface area contributed by atoms with Gasteiger partial charge in [0.25, 0.3) is 0 Å². The zero-order chi connectivity index (χ0) is 13.1. The highest BCUT2D eigenvalue weighted by atomic mass is 15.1. The molecule has 0 aliphatic rings. The van der Waals surface area contributed by atoms with Crippen molar-refractivity contribution in [2.45, 2.75) is 80.1 Å². The maximum Gasteiger partial charge on any atom is 0.000133 e. The molecule has 18 heavy (non-hydrogen) atoms. The Morgan fingerprint density at radius 3 is 1.72 bits per heavy atom. The van der Waals surface area contributed by atoms with Crippen molar-refractivity contribution in [3.8, 4) is 0 Å². The summed E-state index contributed by atoms with van der Waals surface area (Å²) in [5.74, 6) is 1.69. The Hall–Kier alpha value is -0.0400. The van der Waals surface area contributed by atoms with Gasteiger partial charge in [0, 0.05) is 6.54 Å². The van der Waals surface area contributed by atoms with Gasteiger partial charge in [-0.2, -0.15) is 0 Å². The summed E-state index contributed by atoms with van der Waals surface area (Å²) in [7, 11) is 2.25. The first kappa shape index (κ1) is 20.3. The minimum Gasteiger partial charge on any atom is -0.306 e. The third-order valence-electron chi connectivity index (χ3n) is 3.25. The summed E-state index contributed by atoms with van der Waals surface area (Å²) in [5.41, 5.74) is 0. The molecule has 0 N–H and O–H groups in total. The van der Waals surface area contributed by atoms with Crippen LogP contribution in [0.4, 0.5) is 0 Å². The quantitative estimate of drug-likeness (QED) is 0.436. The maximum absolute atomic E-state index is 2.48. The second-order valence-corrected chi connectivity index (χ2v) is 6.46. The van der Waals surface area contributed by atoms with Crippen molar-refractivity contribution in [1.82, 2.24) is 4.90 Å². The molecule has 112 valence electrons. The molecule has 0 saturated heterocycles. The molecule has 0 unspecified atom stereocenters. The molecule has 0 bridgehead atoms. The van der Waals surface area contributed by atoms with Crippen LogP contribution in [0.1, 0.15) is 80.1 Å². The van der Waals surface area contributed by atoms with Crippen LogP contribution in [0.2, 0.25) is 0 Å². The number of nitrogens with zero attached hydrogens (tertiary/aromatic N) is 1. The smallest absolute Gasteiger partial charge is 0.000133 e. The molecule has 0 amide bonds. The first-order chi connectivity index (χ1) is 8.02. The molecule has 0 rings (SSSR count). The predicted octanol–water partition coefficient (Wildman–Crippen LogP) is 5.60. The number of unbranched alkanes of at least 4 members (excludes halogenated alkanes) is 5. The average molecular weight is 258 g/mol.